The topological polar surface area (TPSA) is 138 Å². The smallest absolute Gasteiger partial charge is 0.339 e. The summed E-state index contributed by atoms with van der Waals surface area (Å²) < 4.78 is 10.9. The van der Waals surface area contributed by atoms with Crippen LogP contribution in [-0.4, -0.2) is 48.1 Å². The number of aliphatic hydroxyl groups excluding tert-OH is 1. The van der Waals surface area contributed by atoms with Gasteiger partial charge >= 0.3 is 5.97 Å². The lowest BCUT2D eigenvalue weighted by Gasteiger charge is -2.13. The maximum atomic E-state index is 11.2. The Bertz CT molecular complexity index is 580. The number of nitrogens with two attached hydrogens (primary N) is 1. The molecule has 26 heavy (non-hydrogen) atoms. The third-order valence-electron chi connectivity index (χ3n) is 3.68. The van der Waals surface area contributed by atoms with Crippen molar-refractivity contribution in [2.45, 2.75) is 45.1 Å². The molecule has 0 saturated carbocycles. The van der Waals surface area contributed by atoms with Crippen molar-refractivity contribution >= 4 is 17.6 Å². The average Bonchev–Trinajstić information content (AvgIpc) is 2.58. The second-order valence-electron chi connectivity index (χ2n) is 5.98. The van der Waals surface area contributed by atoms with E-state index in [9.17, 15) is 15.0 Å². The molecule has 0 aliphatic rings. The van der Waals surface area contributed by atoms with Gasteiger partial charge in [0.15, 0.2) is 5.96 Å². The molecule has 1 rings (SSSR count). The van der Waals surface area contributed by atoms with E-state index in [1.54, 1.807) is 0 Å². The van der Waals surface area contributed by atoms with Gasteiger partial charge in [0.1, 0.15) is 17.9 Å². The quantitative estimate of drug-likeness (QED) is 0.205. The molecule has 0 amide bonds. The molecule has 0 saturated heterocycles. The summed E-state index contributed by atoms with van der Waals surface area (Å²) in [6.45, 7) is 2.75. The summed E-state index contributed by atoms with van der Waals surface area (Å²) in [5.74, 6) is -1.21. The molecular weight excluding hydrogens is 338 g/mol. The first kappa shape index (κ1) is 21.7. The molecule has 8 nitrogen and oxygen atoms in total. The first-order valence-corrected chi connectivity index (χ1v) is 8.81. The van der Waals surface area contributed by atoms with Gasteiger partial charge in [0, 0.05) is 11.8 Å². The van der Waals surface area contributed by atoms with Crippen LogP contribution < -0.4 is 15.8 Å². The molecule has 0 fully saturated rings. The van der Waals surface area contributed by atoms with Crippen LogP contribution >= 0.6 is 0 Å². The molecule has 0 heterocycles. The Morgan fingerprint density at radius 3 is 2.73 bits per heavy atom. The summed E-state index contributed by atoms with van der Waals surface area (Å²) in [6, 6.07) is 4.35. The first-order valence-electron chi connectivity index (χ1n) is 8.81. The highest BCUT2D eigenvalue weighted by Crippen LogP contribution is 2.23. The maximum absolute atomic E-state index is 11.2. The Balaban J connectivity index is 2.39. The number of aliphatic hydroxyl groups is 1. The molecule has 6 N–H and O–H groups in total. The van der Waals surface area contributed by atoms with Gasteiger partial charge in [-0.15, -0.1) is 0 Å². The second-order valence-corrected chi connectivity index (χ2v) is 5.98. The van der Waals surface area contributed by atoms with Crippen LogP contribution in [-0.2, 0) is 4.74 Å². The second kappa shape index (κ2) is 12.1. The molecule has 0 spiro atoms. The van der Waals surface area contributed by atoms with E-state index >= 15 is 0 Å². The number of aromatic carboxylic acids is 1. The minimum atomic E-state index is -1.11. The number of rotatable bonds is 13. The number of carboxylic acids is 1. The lowest BCUT2D eigenvalue weighted by atomic mass is 10.1. The predicted molar refractivity (Wildman–Crippen MR) is 100 cm³/mol. The molecule has 0 bridgehead atoms. The van der Waals surface area contributed by atoms with Crippen LogP contribution in [0.3, 0.4) is 0 Å². The predicted octanol–water partition coefficient (Wildman–Crippen LogP) is 2.42. The van der Waals surface area contributed by atoms with Gasteiger partial charge in [-0.1, -0.05) is 32.6 Å². The van der Waals surface area contributed by atoms with Crippen LogP contribution in [0.1, 0.15) is 49.4 Å². The minimum absolute atomic E-state index is 0.00932. The number of anilines is 1. The van der Waals surface area contributed by atoms with Gasteiger partial charge in [-0.25, -0.2) is 4.79 Å². The molecule has 146 valence electrons. The Morgan fingerprint density at radius 1 is 1.31 bits per heavy atom. The third-order valence-corrected chi connectivity index (χ3v) is 3.68. The highest BCUT2D eigenvalue weighted by molar-refractivity contribution is 5.94. The summed E-state index contributed by atoms with van der Waals surface area (Å²) in [6.07, 6.45) is 4.63. The van der Waals surface area contributed by atoms with E-state index < -0.39 is 12.1 Å². The zero-order valence-corrected chi connectivity index (χ0v) is 15.2. The van der Waals surface area contributed by atoms with Crippen LogP contribution in [0.2, 0.25) is 0 Å². The Hall–Kier alpha value is -2.32. The van der Waals surface area contributed by atoms with Crippen molar-refractivity contribution in [2.24, 2.45) is 5.73 Å². The molecule has 0 aliphatic carbocycles. The largest absolute Gasteiger partial charge is 0.490 e. The maximum Gasteiger partial charge on any atom is 0.339 e. The molecule has 1 unspecified atom stereocenters. The molecular formula is C18H29N3O5. The van der Waals surface area contributed by atoms with Crippen molar-refractivity contribution in [3.63, 3.8) is 0 Å². The molecule has 1 atom stereocenters. The fourth-order valence-electron chi connectivity index (χ4n) is 2.37. The van der Waals surface area contributed by atoms with Crippen LogP contribution in [0.15, 0.2) is 18.2 Å². The van der Waals surface area contributed by atoms with E-state index in [-0.39, 0.29) is 37.1 Å². The number of benzene rings is 1. The fourth-order valence-corrected chi connectivity index (χ4v) is 2.37. The van der Waals surface area contributed by atoms with E-state index in [2.05, 4.69) is 12.2 Å². The van der Waals surface area contributed by atoms with E-state index in [1.165, 1.54) is 24.6 Å². The van der Waals surface area contributed by atoms with E-state index in [1.807, 2.05) is 0 Å². The summed E-state index contributed by atoms with van der Waals surface area (Å²) >= 11 is 0. The summed E-state index contributed by atoms with van der Waals surface area (Å²) in [5, 5.41) is 28.8. The van der Waals surface area contributed by atoms with Crippen LogP contribution in [0.25, 0.3) is 0 Å². The molecule has 0 radical (unpaired) electrons. The standard InChI is InChI=1S/C18H29N3O5/c1-2-3-4-5-6-14(22)12-25-9-10-26-16-11-13(21-18(19)20)7-8-15(16)17(23)24/h7-8,11,14,22H,2-6,9-10,12H2,1H3,(H,23,24)(H4,19,20,21). The van der Waals surface area contributed by atoms with Crippen LogP contribution in [0.5, 0.6) is 5.75 Å². The summed E-state index contributed by atoms with van der Waals surface area (Å²) in [4.78, 5) is 11.2. The van der Waals surface area contributed by atoms with Gasteiger partial charge in [0.05, 0.1) is 19.3 Å². The number of hydrogen-bond acceptors (Lipinski definition) is 5. The fraction of sp³-hybridized carbons (Fsp3) is 0.556. The van der Waals surface area contributed by atoms with Gasteiger partial charge in [0.2, 0.25) is 0 Å². The number of ether oxygens (including phenoxy) is 2. The van der Waals surface area contributed by atoms with Gasteiger partial charge < -0.3 is 30.7 Å². The lowest BCUT2D eigenvalue weighted by Crippen LogP contribution is -2.20. The number of nitrogens with one attached hydrogen (secondary N) is 2. The Morgan fingerprint density at radius 2 is 2.08 bits per heavy atom. The van der Waals surface area contributed by atoms with Gasteiger partial charge in [-0.2, -0.15) is 0 Å². The normalized spacial score (nSPS) is 11.8. The van der Waals surface area contributed by atoms with Gasteiger partial charge in [-0.3, -0.25) is 5.41 Å². The van der Waals surface area contributed by atoms with E-state index in [0.717, 1.165) is 19.3 Å². The lowest BCUT2D eigenvalue weighted by molar-refractivity contribution is 0.0199. The summed E-state index contributed by atoms with van der Waals surface area (Å²) in [5.41, 5.74) is 5.73. The third kappa shape index (κ3) is 8.68. The molecule has 1 aromatic rings. The van der Waals surface area contributed by atoms with Gasteiger partial charge in [-0.05, 0) is 18.6 Å². The average molecular weight is 367 g/mol. The number of guanidine groups is 1. The van der Waals surface area contributed by atoms with E-state index in [0.29, 0.717) is 12.1 Å². The van der Waals surface area contributed by atoms with Crippen molar-refractivity contribution in [3.05, 3.63) is 23.8 Å². The molecule has 1 aromatic carbocycles. The monoisotopic (exact) mass is 367 g/mol. The van der Waals surface area contributed by atoms with E-state index in [4.69, 9.17) is 20.6 Å². The van der Waals surface area contributed by atoms with Crippen molar-refractivity contribution < 1.29 is 24.5 Å². The Labute approximate surface area is 153 Å². The van der Waals surface area contributed by atoms with Crippen LogP contribution in [0.4, 0.5) is 5.69 Å². The van der Waals surface area contributed by atoms with Crippen LogP contribution in [0, 0.1) is 5.41 Å². The zero-order chi connectivity index (χ0) is 19.4. The zero-order valence-electron chi connectivity index (χ0n) is 15.2. The van der Waals surface area contributed by atoms with Crippen molar-refractivity contribution in [3.8, 4) is 5.75 Å². The van der Waals surface area contributed by atoms with Gasteiger partial charge in [0.25, 0.3) is 0 Å². The molecule has 0 aromatic heterocycles. The number of hydrogen-bond donors (Lipinski definition) is 5. The highest BCUT2D eigenvalue weighted by atomic mass is 16.5. The highest BCUT2D eigenvalue weighted by Gasteiger charge is 2.12. The van der Waals surface area contributed by atoms with Crippen molar-refractivity contribution in [1.82, 2.24) is 0 Å². The van der Waals surface area contributed by atoms with Crippen molar-refractivity contribution in [2.75, 3.05) is 25.1 Å². The first-order chi connectivity index (χ1) is 12.4. The summed E-state index contributed by atoms with van der Waals surface area (Å²) in [7, 11) is 0. The molecule has 0 aliphatic heterocycles. The number of carboxylic acid groups (broad SMARTS) is 1. The SMILES string of the molecule is CCCCCCC(O)COCCOc1cc(NC(=N)N)ccc1C(=O)O. The molecule has 8 heteroatoms. The Kier molecular flexibility index (Phi) is 10.1. The van der Waals surface area contributed by atoms with Crippen molar-refractivity contribution in [1.29, 1.82) is 5.41 Å². The minimum Gasteiger partial charge on any atom is -0.490 e. The number of unbranched alkanes of at least 4 members (excludes halogenated alkanes) is 3. The number of carbonyl (C=O) groups is 1.